The fourth-order valence-corrected chi connectivity index (χ4v) is 2.95. The third-order valence-electron chi connectivity index (χ3n) is 4.45. The lowest BCUT2D eigenvalue weighted by atomic mass is 10.2. The first kappa shape index (κ1) is 18.3. The molecule has 2 heterocycles. The van der Waals surface area contributed by atoms with Gasteiger partial charge in [-0.05, 0) is 30.3 Å². The van der Waals surface area contributed by atoms with Gasteiger partial charge in [-0.25, -0.2) is 9.97 Å². The van der Waals surface area contributed by atoms with Crippen molar-refractivity contribution in [1.82, 2.24) is 14.9 Å². The van der Waals surface area contributed by atoms with Crippen LogP contribution in [0.25, 0.3) is 0 Å². The SMILES string of the molecule is CC(=O)N(CC(=O)N1CCN(c2ncccn2)CC1)c1ccc(C#N)cc1. The monoisotopic (exact) mass is 364 g/mol. The lowest BCUT2D eigenvalue weighted by Crippen LogP contribution is -2.52. The summed E-state index contributed by atoms with van der Waals surface area (Å²) < 4.78 is 0. The van der Waals surface area contributed by atoms with E-state index in [0.29, 0.717) is 43.4 Å². The van der Waals surface area contributed by atoms with E-state index in [1.54, 1.807) is 47.6 Å². The number of aromatic nitrogens is 2. The number of nitrogens with zero attached hydrogens (tertiary/aromatic N) is 6. The van der Waals surface area contributed by atoms with Gasteiger partial charge in [0.2, 0.25) is 17.8 Å². The molecule has 1 fully saturated rings. The molecule has 1 aliphatic rings. The van der Waals surface area contributed by atoms with Crippen LogP contribution >= 0.6 is 0 Å². The first-order chi connectivity index (χ1) is 13.1. The quantitative estimate of drug-likeness (QED) is 0.805. The number of hydrogen-bond donors (Lipinski definition) is 0. The van der Waals surface area contributed by atoms with E-state index >= 15 is 0 Å². The summed E-state index contributed by atoms with van der Waals surface area (Å²) in [6.45, 7) is 3.80. The van der Waals surface area contributed by atoms with E-state index in [4.69, 9.17) is 5.26 Å². The van der Waals surface area contributed by atoms with E-state index in [2.05, 4.69) is 9.97 Å². The normalized spacial score (nSPS) is 13.8. The van der Waals surface area contributed by atoms with Crippen molar-refractivity contribution in [3.05, 3.63) is 48.3 Å². The third-order valence-corrected chi connectivity index (χ3v) is 4.45. The van der Waals surface area contributed by atoms with Crippen molar-refractivity contribution in [2.45, 2.75) is 6.92 Å². The van der Waals surface area contributed by atoms with Gasteiger partial charge in [-0.3, -0.25) is 9.59 Å². The van der Waals surface area contributed by atoms with Crippen molar-refractivity contribution in [3.8, 4) is 6.07 Å². The maximum Gasteiger partial charge on any atom is 0.242 e. The molecular weight excluding hydrogens is 344 g/mol. The van der Waals surface area contributed by atoms with E-state index < -0.39 is 0 Å². The largest absolute Gasteiger partial charge is 0.338 e. The highest BCUT2D eigenvalue weighted by Crippen LogP contribution is 2.16. The second-order valence-corrected chi connectivity index (χ2v) is 6.18. The summed E-state index contributed by atoms with van der Waals surface area (Å²) in [5.74, 6) is 0.333. The number of rotatable bonds is 4. The molecular formula is C19H20N6O2. The highest BCUT2D eigenvalue weighted by Gasteiger charge is 2.25. The molecule has 2 aromatic rings. The van der Waals surface area contributed by atoms with Crippen molar-refractivity contribution in [2.24, 2.45) is 0 Å². The van der Waals surface area contributed by atoms with Crippen molar-refractivity contribution >= 4 is 23.5 Å². The van der Waals surface area contributed by atoms with Crippen LogP contribution in [0.5, 0.6) is 0 Å². The van der Waals surface area contributed by atoms with Crippen LogP contribution in [0.1, 0.15) is 12.5 Å². The fourth-order valence-electron chi connectivity index (χ4n) is 2.95. The van der Waals surface area contributed by atoms with E-state index in [1.807, 2.05) is 11.0 Å². The molecule has 0 N–H and O–H groups in total. The number of benzene rings is 1. The Bertz CT molecular complexity index is 839. The van der Waals surface area contributed by atoms with Gasteiger partial charge in [0, 0.05) is 51.2 Å². The predicted octanol–water partition coefficient (Wildman–Crippen LogP) is 1.05. The molecule has 1 aromatic heterocycles. The van der Waals surface area contributed by atoms with Crippen LogP contribution < -0.4 is 9.80 Å². The van der Waals surface area contributed by atoms with Gasteiger partial charge >= 0.3 is 0 Å². The standard InChI is InChI=1S/C19H20N6O2/c1-15(26)25(17-5-3-16(13-20)4-6-17)14-18(27)23-9-11-24(12-10-23)19-21-7-2-8-22-19/h2-8H,9-12,14H2,1H3. The maximum atomic E-state index is 12.7. The number of carbonyl (C=O) groups is 2. The summed E-state index contributed by atoms with van der Waals surface area (Å²) in [5, 5.41) is 8.89. The molecule has 1 aromatic carbocycles. The molecule has 1 saturated heterocycles. The molecule has 0 spiro atoms. The molecule has 2 amide bonds. The summed E-state index contributed by atoms with van der Waals surface area (Å²) in [6.07, 6.45) is 3.39. The lowest BCUT2D eigenvalue weighted by Gasteiger charge is -2.35. The Morgan fingerprint density at radius 1 is 1.11 bits per heavy atom. The number of amides is 2. The van der Waals surface area contributed by atoms with E-state index in [9.17, 15) is 9.59 Å². The van der Waals surface area contributed by atoms with Gasteiger partial charge in [0.25, 0.3) is 0 Å². The molecule has 27 heavy (non-hydrogen) atoms. The van der Waals surface area contributed by atoms with Crippen molar-refractivity contribution in [1.29, 1.82) is 5.26 Å². The summed E-state index contributed by atoms with van der Waals surface area (Å²) in [5.41, 5.74) is 1.11. The van der Waals surface area contributed by atoms with Crippen LogP contribution in [0.15, 0.2) is 42.7 Å². The van der Waals surface area contributed by atoms with Gasteiger partial charge < -0.3 is 14.7 Å². The van der Waals surface area contributed by atoms with Crippen LogP contribution in [0.2, 0.25) is 0 Å². The highest BCUT2D eigenvalue weighted by atomic mass is 16.2. The van der Waals surface area contributed by atoms with Crippen molar-refractivity contribution in [3.63, 3.8) is 0 Å². The van der Waals surface area contributed by atoms with Gasteiger partial charge in [0.15, 0.2) is 0 Å². The molecule has 0 bridgehead atoms. The van der Waals surface area contributed by atoms with E-state index in [-0.39, 0.29) is 18.4 Å². The fraction of sp³-hybridized carbons (Fsp3) is 0.316. The average molecular weight is 364 g/mol. The first-order valence-electron chi connectivity index (χ1n) is 8.66. The Kier molecular flexibility index (Phi) is 5.61. The third kappa shape index (κ3) is 4.39. The van der Waals surface area contributed by atoms with Gasteiger partial charge in [-0.2, -0.15) is 5.26 Å². The Morgan fingerprint density at radius 2 is 1.74 bits per heavy atom. The highest BCUT2D eigenvalue weighted by molar-refractivity contribution is 5.97. The molecule has 0 radical (unpaired) electrons. The van der Waals surface area contributed by atoms with Gasteiger partial charge in [-0.15, -0.1) is 0 Å². The minimum Gasteiger partial charge on any atom is -0.338 e. The molecule has 0 unspecified atom stereocenters. The molecule has 3 rings (SSSR count). The Morgan fingerprint density at radius 3 is 2.30 bits per heavy atom. The molecule has 138 valence electrons. The molecule has 8 nitrogen and oxygen atoms in total. The molecule has 8 heteroatoms. The van der Waals surface area contributed by atoms with Crippen molar-refractivity contribution < 1.29 is 9.59 Å². The maximum absolute atomic E-state index is 12.7. The first-order valence-corrected chi connectivity index (χ1v) is 8.66. The van der Waals surface area contributed by atoms with E-state index in [1.165, 1.54) is 11.8 Å². The van der Waals surface area contributed by atoms with Crippen LogP contribution in [0.3, 0.4) is 0 Å². The van der Waals surface area contributed by atoms with Crippen LogP contribution in [0, 0.1) is 11.3 Å². The Hall–Kier alpha value is -3.47. The average Bonchev–Trinajstić information content (AvgIpc) is 2.72. The number of hydrogen-bond acceptors (Lipinski definition) is 6. The number of carbonyl (C=O) groups excluding carboxylic acids is 2. The Balaban J connectivity index is 1.61. The summed E-state index contributed by atoms with van der Waals surface area (Å²) in [7, 11) is 0. The Labute approximate surface area is 157 Å². The smallest absolute Gasteiger partial charge is 0.242 e. The van der Waals surface area contributed by atoms with Gasteiger partial charge in [0.05, 0.1) is 11.6 Å². The van der Waals surface area contributed by atoms with Crippen LogP contribution in [-0.2, 0) is 9.59 Å². The minimum absolute atomic E-state index is 0.0247. The molecule has 0 saturated carbocycles. The van der Waals surface area contributed by atoms with E-state index in [0.717, 1.165) is 0 Å². The summed E-state index contributed by atoms with van der Waals surface area (Å²) in [4.78, 5) is 38.4. The lowest BCUT2D eigenvalue weighted by molar-refractivity contribution is -0.131. The van der Waals surface area contributed by atoms with Gasteiger partial charge in [-0.1, -0.05) is 0 Å². The zero-order valence-electron chi connectivity index (χ0n) is 15.1. The van der Waals surface area contributed by atoms with Crippen LogP contribution in [-0.4, -0.2) is 59.4 Å². The van der Waals surface area contributed by atoms with Crippen molar-refractivity contribution in [2.75, 3.05) is 42.5 Å². The number of anilines is 2. The minimum atomic E-state index is -0.218. The number of piperazine rings is 1. The summed E-state index contributed by atoms with van der Waals surface area (Å²) in [6, 6.07) is 10.4. The zero-order valence-corrected chi connectivity index (χ0v) is 15.1. The topological polar surface area (TPSA) is 93.4 Å². The van der Waals surface area contributed by atoms with Crippen LogP contribution in [0.4, 0.5) is 11.6 Å². The molecule has 0 atom stereocenters. The summed E-state index contributed by atoms with van der Waals surface area (Å²) >= 11 is 0. The molecule has 1 aliphatic heterocycles. The van der Waals surface area contributed by atoms with Gasteiger partial charge in [0.1, 0.15) is 6.54 Å². The molecule has 0 aliphatic carbocycles. The predicted molar refractivity (Wildman–Crippen MR) is 100 cm³/mol. The second-order valence-electron chi connectivity index (χ2n) is 6.18. The zero-order chi connectivity index (χ0) is 19.2. The second kappa shape index (κ2) is 8.27. The number of nitriles is 1.